The zero-order chi connectivity index (χ0) is 11.0. The third kappa shape index (κ3) is 6.22. The van der Waals surface area contributed by atoms with Crippen LogP contribution in [0.4, 0.5) is 0 Å². The van der Waals surface area contributed by atoms with Crippen LogP contribution in [0.15, 0.2) is 12.2 Å². The second-order valence-corrected chi connectivity index (χ2v) is 2.83. The van der Waals surface area contributed by atoms with Crippen LogP contribution in [0.2, 0.25) is 0 Å². The highest BCUT2D eigenvalue weighted by atomic mass is 16.6. The van der Waals surface area contributed by atoms with Gasteiger partial charge >= 0.3 is 11.9 Å². The van der Waals surface area contributed by atoms with Crippen LogP contribution < -0.4 is 0 Å². The van der Waals surface area contributed by atoms with Crippen LogP contribution in [-0.2, 0) is 19.1 Å². The predicted octanol–water partition coefficient (Wildman–Crippen LogP) is 1.45. The van der Waals surface area contributed by atoms with E-state index in [1.54, 1.807) is 0 Å². The fraction of sp³-hybridized carbons (Fsp3) is 0.600. The van der Waals surface area contributed by atoms with Gasteiger partial charge in [0.1, 0.15) is 13.2 Å². The van der Waals surface area contributed by atoms with Crippen LogP contribution in [0.3, 0.4) is 0 Å². The molecule has 0 aromatic rings. The smallest absolute Gasteiger partial charge is 0.333 e. The van der Waals surface area contributed by atoms with Gasteiger partial charge in [0, 0.05) is 12.5 Å². The molecule has 0 aliphatic carbocycles. The van der Waals surface area contributed by atoms with Gasteiger partial charge in [-0.15, -0.1) is 0 Å². The lowest BCUT2D eigenvalue weighted by Crippen LogP contribution is -2.13. The molecular formula is C10H16O4. The Kier molecular flexibility index (Phi) is 6.45. The van der Waals surface area contributed by atoms with Gasteiger partial charge < -0.3 is 9.47 Å². The summed E-state index contributed by atoms with van der Waals surface area (Å²) in [6, 6.07) is 0. The van der Waals surface area contributed by atoms with Crippen molar-refractivity contribution in [1.29, 1.82) is 0 Å². The second-order valence-electron chi connectivity index (χ2n) is 2.83. The number of ether oxygens (including phenoxy) is 2. The molecule has 0 aromatic heterocycles. The van der Waals surface area contributed by atoms with E-state index in [1.165, 1.54) is 6.92 Å². The van der Waals surface area contributed by atoms with Crippen molar-refractivity contribution in [2.75, 3.05) is 13.2 Å². The SMILES string of the molecule is C=C(CCC)C(=O)OCCOC(C)=O. The Morgan fingerprint density at radius 2 is 1.79 bits per heavy atom. The number of carbonyl (C=O) groups excluding carboxylic acids is 2. The summed E-state index contributed by atoms with van der Waals surface area (Å²) in [5.41, 5.74) is 0.454. The molecule has 80 valence electrons. The zero-order valence-corrected chi connectivity index (χ0v) is 8.67. The molecule has 0 spiro atoms. The molecule has 0 bridgehead atoms. The average molecular weight is 200 g/mol. The van der Waals surface area contributed by atoms with Gasteiger partial charge in [0.15, 0.2) is 0 Å². The molecule has 0 aromatic carbocycles. The largest absolute Gasteiger partial charge is 0.462 e. The van der Waals surface area contributed by atoms with Crippen LogP contribution in [0.25, 0.3) is 0 Å². The van der Waals surface area contributed by atoms with E-state index in [9.17, 15) is 9.59 Å². The molecule has 0 aliphatic heterocycles. The third-order valence-corrected chi connectivity index (χ3v) is 1.46. The van der Waals surface area contributed by atoms with Crippen molar-refractivity contribution in [3.63, 3.8) is 0 Å². The number of rotatable bonds is 6. The van der Waals surface area contributed by atoms with Crippen LogP contribution in [0, 0.1) is 0 Å². The van der Waals surface area contributed by atoms with E-state index >= 15 is 0 Å². The minimum atomic E-state index is -0.418. The molecule has 0 atom stereocenters. The first-order chi connectivity index (χ1) is 6.57. The average Bonchev–Trinajstić information content (AvgIpc) is 2.12. The van der Waals surface area contributed by atoms with Crippen molar-refractivity contribution in [3.05, 3.63) is 12.2 Å². The minimum absolute atomic E-state index is 0.0845. The summed E-state index contributed by atoms with van der Waals surface area (Å²) in [5.74, 6) is -0.799. The summed E-state index contributed by atoms with van der Waals surface area (Å²) in [6.45, 7) is 7.02. The molecule has 14 heavy (non-hydrogen) atoms. The molecule has 0 heterocycles. The lowest BCUT2D eigenvalue weighted by Gasteiger charge is -2.05. The summed E-state index contributed by atoms with van der Waals surface area (Å²) in [7, 11) is 0. The molecule has 0 N–H and O–H groups in total. The molecule has 0 saturated carbocycles. The third-order valence-electron chi connectivity index (χ3n) is 1.46. The van der Waals surface area contributed by atoms with Crippen molar-refractivity contribution in [1.82, 2.24) is 0 Å². The van der Waals surface area contributed by atoms with Crippen LogP contribution in [-0.4, -0.2) is 25.2 Å². The van der Waals surface area contributed by atoms with Gasteiger partial charge in [0.05, 0.1) is 0 Å². The summed E-state index contributed by atoms with van der Waals surface area (Å²) in [6.07, 6.45) is 1.49. The Morgan fingerprint density at radius 1 is 1.21 bits per heavy atom. The first kappa shape index (κ1) is 12.7. The summed E-state index contributed by atoms with van der Waals surface area (Å²) >= 11 is 0. The molecule has 0 saturated heterocycles. The maximum atomic E-state index is 11.1. The van der Waals surface area contributed by atoms with E-state index in [0.29, 0.717) is 12.0 Å². The van der Waals surface area contributed by atoms with Gasteiger partial charge in [0.25, 0.3) is 0 Å². The molecule has 4 heteroatoms. The first-order valence-corrected chi connectivity index (χ1v) is 4.56. The fourth-order valence-corrected chi connectivity index (χ4v) is 0.826. The molecule has 0 fully saturated rings. The van der Waals surface area contributed by atoms with Gasteiger partial charge in [-0.2, -0.15) is 0 Å². The van der Waals surface area contributed by atoms with Gasteiger partial charge in [-0.3, -0.25) is 4.79 Å². The van der Waals surface area contributed by atoms with E-state index in [4.69, 9.17) is 4.74 Å². The summed E-state index contributed by atoms with van der Waals surface area (Å²) in [4.78, 5) is 21.5. The van der Waals surface area contributed by atoms with E-state index in [2.05, 4.69) is 11.3 Å². The van der Waals surface area contributed by atoms with E-state index in [-0.39, 0.29) is 19.2 Å². The number of carbonyl (C=O) groups is 2. The molecular weight excluding hydrogens is 184 g/mol. The fourth-order valence-electron chi connectivity index (χ4n) is 0.826. The van der Waals surface area contributed by atoms with Crippen LogP contribution in [0.1, 0.15) is 26.7 Å². The molecule has 0 radical (unpaired) electrons. The first-order valence-electron chi connectivity index (χ1n) is 4.56. The van der Waals surface area contributed by atoms with Crippen molar-refractivity contribution in [2.45, 2.75) is 26.7 Å². The van der Waals surface area contributed by atoms with E-state index < -0.39 is 5.97 Å². The second kappa shape index (κ2) is 7.12. The monoisotopic (exact) mass is 200 g/mol. The number of hydrogen-bond acceptors (Lipinski definition) is 4. The number of hydrogen-bond donors (Lipinski definition) is 0. The Labute approximate surface area is 83.9 Å². The van der Waals surface area contributed by atoms with Crippen molar-refractivity contribution < 1.29 is 19.1 Å². The van der Waals surface area contributed by atoms with Crippen LogP contribution in [0.5, 0.6) is 0 Å². The Hall–Kier alpha value is -1.32. The molecule has 0 amide bonds. The minimum Gasteiger partial charge on any atom is -0.462 e. The molecule has 0 unspecified atom stereocenters. The summed E-state index contributed by atoms with van der Waals surface area (Å²) < 4.78 is 9.38. The van der Waals surface area contributed by atoms with Gasteiger partial charge in [-0.05, 0) is 6.42 Å². The maximum absolute atomic E-state index is 11.1. The molecule has 0 rings (SSSR count). The zero-order valence-electron chi connectivity index (χ0n) is 8.67. The van der Waals surface area contributed by atoms with Gasteiger partial charge in [-0.1, -0.05) is 19.9 Å². The van der Waals surface area contributed by atoms with Crippen molar-refractivity contribution in [3.8, 4) is 0 Å². The highest BCUT2D eigenvalue weighted by molar-refractivity contribution is 5.87. The summed E-state index contributed by atoms with van der Waals surface area (Å²) in [5, 5.41) is 0. The van der Waals surface area contributed by atoms with Crippen molar-refractivity contribution >= 4 is 11.9 Å². The van der Waals surface area contributed by atoms with E-state index in [0.717, 1.165) is 6.42 Å². The van der Waals surface area contributed by atoms with Crippen molar-refractivity contribution in [2.24, 2.45) is 0 Å². The Morgan fingerprint density at radius 3 is 2.29 bits per heavy atom. The maximum Gasteiger partial charge on any atom is 0.333 e. The van der Waals surface area contributed by atoms with E-state index in [1.807, 2.05) is 6.92 Å². The Bertz CT molecular complexity index is 220. The highest BCUT2D eigenvalue weighted by Crippen LogP contribution is 2.03. The Balaban J connectivity index is 3.53. The lowest BCUT2D eigenvalue weighted by atomic mass is 10.2. The molecule has 4 nitrogen and oxygen atoms in total. The number of esters is 2. The van der Waals surface area contributed by atoms with Crippen LogP contribution >= 0.6 is 0 Å². The van der Waals surface area contributed by atoms with Gasteiger partial charge in [0.2, 0.25) is 0 Å². The predicted molar refractivity (Wildman–Crippen MR) is 51.6 cm³/mol. The quantitative estimate of drug-likeness (QED) is 0.370. The van der Waals surface area contributed by atoms with Gasteiger partial charge in [-0.25, -0.2) is 4.79 Å². The normalized spacial score (nSPS) is 9.29. The molecule has 0 aliphatic rings. The topological polar surface area (TPSA) is 52.6 Å². The standard InChI is InChI=1S/C10H16O4/c1-4-5-8(2)10(12)14-7-6-13-9(3)11/h2,4-7H2,1,3H3. The highest BCUT2D eigenvalue weighted by Gasteiger charge is 2.06. The lowest BCUT2D eigenvalue weighted by molar-refractivity contribution is -0.148.